The summed E-state index contributed by atoms with van der Waals surface area (Å²) >= 11 is 0. The molecule has 2 aromatic carbocycles. The number of fused-ring (bicyclic) bond motifs is 1. The van der Waals surface area contributed by atoms with Gasteiger partial charge in [0.1, 0.15) is 29.3 Å². The number of likely N-dealkylation sites (tertiary alicyclic amines) is 1. The van der Waals surface area contributed by atoms with Crippen LogP contribution in [-0.4, -0.2) is 44.8 Å². The maximum absolute atomic E-state index is 6.25. The van der Waals surface area contributed by atoms with Crippen LogP contribution < -0.4 is 10.5 Å². The Balaban J connectivity index is 1.51. The fourth-order valence-corrected chi connectivity index (χ4v) is 4.00. The minimum absolute atomic E-state index is 0.312. The van der Waals surface area contributed by atoms with Gasteiger partial charge in [0.25, 0.3) is 0 Å². The zero-order valence-corrected chi connectivity index (χ0v) is 16.9. The molecule has 2 aromatic heterocycles. The van der Waals surface area contributed by atoms with E-state index in [-0.39, 0.29) is 0 Å². The Hall–Kier alpha value is -3.45. The number of hydrogen-bond acceptors (Lipinski definition) is 6. The number of para-hydroxylation sites is 1. The van der Waals surface area contributed by atoms with Crippen molar-refractivity contribution >= 4 is 16.9 Å². The largest absolute Gasteiger partial charge is 0.457 e. The highest BCUT2D eigenvalue weighted by Gasteiger charge is 2.24. The molecule has 152 valence electrons. The van der Waals surface area contributed by atoms with Crippen molar-refractivity contribution in [3.63, 3.8) is 0 Å². The zero-order valence-electron chi connectivity index (χ0n) is 16.9. The lowest BCUT2D eigenvalue weighted by Crippen LogP contribution is -2.31. The van der Waals surface area contributed by atoms with Crippen molar-refractivity contribution in [3.05, 3.63) is 60.9 Å². The normalized spacial score (nSPS) is 15.5. The van der Waals surface area contributed by atoms with Gasteiger partial charge in [0.15, 0.2) is 5.65 Å². The third kappa shape index (κ3) is 3.48. The summed E-state index contributed by atoms with van der Waals surface area (Å²) in [6.45, 7) is 2.10. The first-order valence-corrected chi connectivity index (χ1v) is 10.2. The zero-order chi connectivity index (χ0) is 20.5. The molecule has 1 saturated heterocycles. The van der Waals surface area contributed by atoms with Crippen LogP contribution in [0, 0.1) is 0 Å². The van der Waals surface area contributed by atoms with Crippen LogP contribution in [0.4, 0.5) is 5.82 Å². The Kier molecular flexibility index (Phi) is 4.80. The van der Waals surface area contributed by atoms with Crippen molar-refractivity contribution in [2.75, 3.05) is 25.9 Å². The van der Waals surface area contributed by atoms with Crippen LogP contribution >= 0.6 is 0 Å². The molecule has 0 radical (unpaired) electrons. The Morgan fingerprint density at radius 2 is 1.63 bits per heavy atom. The van der Waals surface area contributed by atoms with E-state index >= 15 is 0 Å². The second-order valence-electron chi connectivity index (χ2n) is 7.72. The lowest BCUT2D eigenvalue weighted by atomic mass is 10.1. The Labute approximate surface area is 175 Å². The van der Waals surface area contributed by atoms with E-state index in [0.717, 1.165) is 59.7 Å². The fraction of sp³-hybridized carbons (Fsp3) is 0.261. The molecule has 7 nitrogen and oxygen atoms in total. The van der Waals surface area contributed by atoms with E-state index in [1.807, 2.05) is 59.3 Å². The molecular weight excluding hydrogens is 376 g/mol. The van der Waals surface area contributed by atoms with Gasteiger partial charge in [-0.1, -0.05) is 18.2 Å². The quantitative estimate of drug-likeness (QED) is 0.555. The number of hydrogen-bond donors (Lipinski definition) is 1. The number of benzene rings is 2. The minimum atomic E-state index is 0.312. The number of nitrogens with two attached hydrogens (primary N) is 1. The van der Waals surface area contributed by atoms with E-state index in [1.165, 1.54) is 6.33 Å². The molecule has 0 unspecified atom stereocenters. The molecule has 4 aromatic rings. The first-order valence-electron chi connectivity index (χ1n) is 10.2. The first-order chi connectivity index (χ1) is 14.7. The maximum atomic E-state index is 6.25. The van der Waals surface area contributed by atoms with Crippen molar-refractivity contribution in [2.24, 2.45) is 0 Å². The number of piperidine rings is 1. The van der Waals surface area contributed by atoms with Gasteiger partial charge in [-0.2, -0.15) is 5.10 Å². The van der Waals surface area contributed by atoms with Crippen LogP contribution in [0.1, 0.15) is 18.9 Å². The van der Waals surface area contributed by atoms with Crippen molar-refractivity contribution < 1.29 is 4.74 Å². The van der Waals surface area contributed by atoms with E-state index < -0.39 is 0 Å². The summed E-state index contributed by atoms with van der Waals surface area (Å²) in [5, 5.41) is 5.77. The van der Waals surface area contributed by atoms with Crippen molar-refractivity contribution in [1.29, 1.82) is 0 Å². The molecule has 1 aliphatic rings. The number of ether oxygens (including phenoxy) is 1. The predicted molar refractivity (Wildman–Crippen MR) is 117 cm³/mol. The first kappa shape index (κ1) is 18.6. The topological polar surface area (TPSA) is 82.1 Å². The molecule has 0 bridgehead atoms. The van der Waals surface area contributed by atoms with E-state index in [0.29, 0.717) is 11.9 Å². The second kappa shape index (κ2) is 7.76. The fourth-order valence-electron chi connectivity index (χ4n) is 4.00. The van der Waals surface area contributed by atoms with Crippen LogP contribution in [0.25, 0.3) is 22.3 Å². The second-order valence-corrected chi connectivity index (χ2v) is 7.72. The summed E-state index contributed by atoms with van der Waals surface area (Å²) in [6.07, 6.45) is 3.60. The van der Waals surface area contributed by atoms with Crippen LogP contribution in [-0.2, 0) is 0 Å². The highest BCUT2D eigenvalue weighted by Crippen LogP contribution is 2.35. The highest BCUT2D eigenvalue weighted by atomic mass is 16.5. The monoisotopic (exact) mass is 400 g/mol. The van der Waals surface area contributed by atoms with Gasteiger partial charge >= 0.3 is 0 Å². The smallest absolute Gasteiger partial charge is 0.164 e. The number of anilines is 1. The van der Waals surface area contributed by atoms with Crippen LogP contribution in [0.15, 0.2) is 60.9 Å². The molecule has 1 fully saturated rings. The number of rotatable bonds is 4. The molecule has 0 spiro atoms. The number of aromatic nitrogens is 4. The Bertz CT molecular complexity index is 1150. The Morgan fingerprint density at radius 3 is 2.37 bits per heavy atom. The number of nitrogens with zero attached hydrogens (tertiary/aromatic N) is 5. The van der Waals surface area contributed by atoms with E-state index in [9.17, 15) is 0 Å². The molecule has 7 heteroatoms. The van der Waals surface area contributed by atoms with Gasteiger partial charge in [-0.25, -0.2) is 14.6 Å². The average molecular weight is 400 g/mol. The van der Waals surface area contributed by atoms with E-state index in [1.54, 1.807) is 0 Å². The molecule has 0 aliphatic carbocycles. The Morgan fingerprint density at radius 1 is 0.933 bits per heavy atom. The standard InChI is InChI=1S/C23H24N6O/c1-28-13-11-17(12-14-28)29-23-20(22(24)25-15-26-23)21(27-29)16-7-9-19(10-8-16)30-18-5-3-2-4-6-18/h2-10,15,17H,11-14H2,1H3,(H2,24,25,26). The number of nitrogen functional groups attached to an aromatic ring is 1. The van der Waals surface area contributed by atoms with Crippen molar-refractivity contribution in [3.8, 4) is 22.8 Å². The molecule has 3 heterocycles. The van der Waals surface area contributed by atoms with Gasteiger partial charge in [-0.05, 0) is 69.4 Å². The predicted octanol–water partition coefficient (Wildman–Crippen LogP) is 4.13. The SMILES string of the molecule is CN1CCC(n2nc(-c3ccc(Oc4ccccc4)cc3)c3c(N)ncnc32)CC1. The van der Waals surface area contributed by atoms with Gasteiger partial charge in [0, 0.05) is 5.56 Å². The summed E-state index contributed by atoms with van der Waals surface area (Å²) in [4.78, 5) is 11.1. The summed E-state index contributed by atoms with van der Waals surface area (Å²) in [5.74, 6) is 2.03. The average Bonchev–Trinajstić information content (AvgIpc) is 3.17. The van der Waals surface area contributed by atoms with Crippen LogP contribution in [0.5, 0.6) is 11.5 Å². The maximum Gasteiger partial charge on any atom is 0.164 e. The van der Waals surface area contributed by atoms with Gasteiger partial charge in [0.05, 0.1) is 11.4 Å². The molecular formula is C23H24N6O. The summed E-state index contributed by atoms with van der Waals surface area (Å²) in [7, 11) is 2.15. The van der Waals surface area contributed by atoms with Crippen molar-refractivity contribution in [2.45, 2.75) is 18.9 Å². The third-order valence-electron chi connectivity index (χ3n) is 5.66. The molecule has 1 aliphatic heterocycles. The molecule has 5 rings (SSSR count). The lowest BCUT2D eigenvalue weighted by molar-refractivity contribution is 0.215. The molecule has 2 N–H and O–H groups in total. The van der Waals surface area contributed by atoms with Gasteiger partial charge in [-0.3, -0.25) is 0 Å². The highest BCUT2D eigenvalue weighted by molar-refractivity contribution is 5.98. The summed E-state index contributed by atoms with van der Waals surface area (Å²) in [6, 6.07) is 18.0. The summed E-state index contributed by atoms with van der Waals surface area (Å²) in [5.41, 5.74) is 8.84. The van der Waals surface area contributed by atoms with Gasteiger partial charge < -0.3 is 15.4 Å². The van der Waals surface area contributed by atoms with E-state index in [4.69, 9.17) is 15.6 Å². The van der Waals surface area contributed by atoms with Crippen LogP contribution in [0.2, 0.25) is 0 Å². The van der Waals surface area contributed by atoms with E-state index in [2.05, 4.69) is 21.9 Å². The van der Waals surface area contributed by atoms with Gasteiger partial charge in [0.2, 0.25) is 0 Å². The third-order valence-corrected chi connectivity index (χ3v) is 5.66. The minimum Gasteiger partial charge on any atom is -0.457 e. The molecule has 0 atom stereocenters. The van der Waals surface area contributed by atoms with Gasteiger partial charge in [-0.15, -0.1) is 0 Å². The van der Waals surface area contributed by atoms with Crippen LogP contribution in [0.3, 0.4) is 0 Å². The summed E-state index contributed by atoms with van der Waals surface area (Å²) < 4.78 is 7.96. The molecule has 0 saturated carbocycles. The lowest BCUT2D eigenvalue weighted by Gasteiger charge is -2.29. The molecule has 30 heavy (non-hydrogen) atoms. The molecule has 0 amide bonds. The van der Waals surface area contributed by atoms with Crippen molar-refractivity contribution in [1.82, 2.24) is 24.6 Å².